The molecule has 0 fully saturated rings. The van der Waals surface area contributed by atoms with Crippen molar-refractivity contribution in [2.24, 2.45) is 5.10 Å². The fourth-order valence-corrected chi connectivity index (χ4v) is 8.59. The number of aryl methyl sites for hydroxylation is 4. The van der Waals surface area contributed by atoms with Gasteiger partial charge in [-0.15, -0.1) is 11.3 Å². The van der Waals surface area contributed by atoms with Crippen LogP contribution in [0.15, 0.2) is 76.6 Å². The maximum absolute atomic E-state index is 14.1. The molecule has 1 N–H and O–H groups in total. The molecule has 0 atom stereocenters. The quantitative estimate of drug-likeness (QED) is 0.161. The molecule has 1 aliphatic carbocycles. The number of para-hydroxylation sites is 1. The number of nitrogens with one attached hydrogen (secondary N) is 1. The summed E-state index contributed by atoms with van der Waals surface area (Å²) < 4.78 is 9.29. The molecule has 7 rings (SSSR count). The normalized spacial score (nSPS) is 12.9. The maximum Gasteiger partial charge on any atom is 0.282 e. The number of hydrogen-bond acceptors (Lipinski definition) is 6. The van der Waals surface area contributed by atoms with Gasteiger partial charge in [0.15, 0.2) is 5.82 Å². The van der Waals surface area contributed by atoms with Gasteiger partial charge in [0.1, 0.15) is 10.8 Å². The average Bonchev–Trinajstić information content (AvgIpc) is 3.63. The van der Waals surface area contributed by atoms with Crippen LogP contribution in [0.2, 0.25) is 0 Å². The zero-order valence-electron chi connectivity index (χ0n) is 30.3. The lowest BCUT2D eigenvalue weighted by Crippen LogP contribution is -2.21. The minimum Gasteiger partial charge on any atom is -0.496 e. The summed E-state index contributed by atoms with van der Waals surface area (Å²) in [6.07, 6.45) is 5.79. The number of hydrogen-bond donors (Lipinski definition) is 1. The van der Waals surface area contributed by atoms with Gasteiger partial charge in [0.2, 0.25) is 0 Å². The van der Waals surface area contributed by atoms with Crippen LogP contribution < -0.4 is 15.6 Å². The summed E-state index contributed by atoms with van der Waals surface area (Å²) in [5.74, 6) is 1.37. The molecule has 1 amide bonds. The molecule has 1 aliphatic rings. The summed E-state index contributed by atoms with van der Waals surface area (Å²) in [4.78, 5) is 34.4. The van der Waals surface area contributed by atoms with Crippen LogP contribution in [0.1, 0.15) is 87.0 Å². The van der Waals surface area contributed by atoms with Gasteiger partial charge in [0.25, 0.3) is 11.5 Å². The number of anilines is 1. The van der Waals surface area contributed by atoms with E-state index in [4.69, 9.17) is 14.8 Å². The second kappa shape index (κ2) is 13.8. The van der Waals surface area contributed by atoms with E-state index in [0.717, 1.165) is 92.5 Å². The van der Waals surface area contributed by atoms with Crippen molar-refractivity contribution in [2.75, 3.05) is 12.4 Å². The summed E-state index contributed by atoms with van der Waals surface area (Å²) in [6, 6.07) is 21.4. The first-order chi connectivity index (χ1) is 24.5. The average molecular weight is 698 g/mol. The van der Waals surface area contributed by atoms with Crippen LogP contribution in [-0.2, 0) is 12.8 Å². The van der Waals surface area contributed by atoms with Gasteiger partial charge in [0, 0.05) is 33.1 Å². The molecule has 0 unspecified atom stereocenters. The van der Waals surface area contributed by atoms with E-state index >= 15 is 0 Å². The standard InChI is InChI=1S/C42H43N5O3S/c1-24(2)33-22-34(26(4)20-36(33)50-7)39-45-35-14-10-8-12-31(35)41(49)47(39)43-23-29-21-27(5)46(28(29)6)42-38(32-13-9-11-15-37(32)51-42)40(48)44-30-18-16-25(3)17-19-30/h8,10,12,14,16-24H,9,11,13,15H2,1-7H3,(H,44,48). The molecule has 9 heteroatoms. The predicted molar refractivity (Wildman–Crippen MR) is 209 cm³/mol. The highest BCUT2D eigenvalue weighted by molar-refractivity contribution is 7.15. The third-order valence-corrected chi connectivity index (χ3v) is 11.1. The van der Waals surface area contributed by atoms with Crippen molar-refractivity contribution < 1.29 is 9.53 Å². The molecule has 3 aromatic carbocycles. The predicted octanol–water partition coefficient (Wildman–Crippen LogP) is 9.29. The van der Waals surface area contributed by atoms with Crippen molar-refractivity contribution in [1.29, 1.82) is 0 Å². The van der Waals surface area contributed by atoms with Crippen molar-refractivity contribution in [1.82, 2.24) is 14.2 Å². The Balaban J connectivity index is 1.34. The van der Waals surface area contributed by atoms with Crippen LogP contribution in [0.4, 0.5) is 5.69 Å². The van der Waals surface area contributed by atoms with Crippen LogP contribution in [0.5, 0.6) is 5.75 Å². The zero-order chi connectivity index (χ0) is 36.0. The fraction of sp³-hybridized carbons (Fsp3) is 0.286. The highest BCUT2D eigenvalue weighted by atomic mass is 32.1. The largest absolute Gasteiger partial charge is 0.496 e. The molecule has 260 valence electrons. The molecular formula is C42H43N5O3S. The van der Waals surface area contributed by atoms with Gasteiger partial charge in [-0.3, -0.25) is 9.59 Å². The number of ether oxygens (including phenoxy) is 1. The lowest BCUT2D eigenvalue weighted by Gasteiger charge is -2.17. The highest BCUT2D eigenvalue weighted by Gasteiger charge is 2.28. The van der Waals surface area contributed by atoms with Crippen LogP contribution >= 0.6 is 11.3 Å². The molecule has 8 nitrogen and oxygen atoms in total. The van der Waals surface area contributed by atoms with Crippen molar-refractivity contribution >= 4 is 40.0 Å². The van der Waals surface area contributed by atoms with Crippen LogP contribution in [0, 0.1) is 27.7 Å². The Hall–Kier alpha value is -5.28. The van der Waals surface area contributed by atoms with Crippen molar-refractivity contribution in [3.05, 3.63) is 127 Å². The number of thiophene rings is 1. The topological polar surface area (TPSA) is 90.5 Å². The second-order valence-electron chi connectivity index (χ2n) is 13.8. The Morgan fingerprint density at radius 1 is 1.00 bits per heavy atom. The molecule has 0 saturated carbocycles. The summed E-state index contributed by atoms with van der Waals surface area (Å²) in [5, 5.41) is 9.43. The lowest BCUT2D eigenvalue weighted by molar-refractivity contribution is 0.102. The van der Waals surface area contributed by atoms with E-state index in [1.54, 1.807) is 30.7 Å². The van der Waals surface area contributed by atoms with E-state index in [1.807, 2.05) is 76.2 Å². The van der Waals surface area contributed by atoms with Gasteiger partial charge < -0.3 is 14.6 Å². The summed E-state index contributed by atoms with van der Waals surface area (Å²) >= 11 is 1.71. The summed E-state index contributed by atoms with van der Waals surface area (Å²) in [5.41, 5.74) is 9.73. The molecule has 0 aliphatic heterocycles. The number of rotatable bonds is 8. The van der Waals surface area contributed by atoms with Gasteiger partial charge in [-0.25, -0.2) is 4.98 Å². The summed E-state index contributed by atoms with van der Waals surface area (Å²) in [7, 11) is 1.68. The Labute approximate surface area is 302 Å². The second-order valence-corrected chi connectivity index (χ2v) is 14.8. The molecule has 0 spiro atoms. The first-order valence-corrected chi connectivity index (χ1v) is 18.3. The van der Waals surface area contributed by atoms with E-state index in [-0.39, 0.29) is 17.4 Å². The molecule has 3 aromatic heterocycles. The van der Waals surface area contributed by atoms with Crippen LogP contribution in [0.3, 0.4) is 0 Å². The van der Waals surface area contributed by atoms with E-state index in [9.17, 15) is 9.59 Å². The van der Waals surface area contributed by atoms with E-state index in [1.165, 1.54) is 9.55 Å². The molecule has 6 aromatic rings. The Bertz CT molecular complexity index is 2390. The minimum atomic E-state index is -0.247. The molecule has 0 saturated heterocycles. The van der Waals surface area contributed by atoms with E-state index in [0.29, 0.717) is 16.7 Å². The first kappa shape index (κ1) is 34.2. The zero-order valence-corrected chi connectivity index (χ0v) is 31.1. The molecule has 0 radical (unpaired) electrons. The SMILES string of the molecule is COc1cc(C)c(-c2nc3ccccc3c(=O)n2N=Cc2cc(C)n(-c3sc4c(c3C(=O)Nc3ccc(C)cc3)CCCC4)c2C)cc1C(C)C. The number of carbonyl (C=O) groups is 1. The molecule has 51 heavy (non-hydrogen) atoms. The monoisotopic (exact) mass is 697 g/mol. The van der Waals surface area contributed by atoms with Gasteiger partial charge >= 0.3 is 0 Å². The van der Waals surface area contributed by atoms with E-state index in [2.05, 4.69) is 35.9 Å². The Kier molecular flexibility index (Phi) is 9.25. The highest BCUT2D eigenvalue weighted by Crippen LogP contribution is 2.39. The van der Waals surface area contributed by atoms with Crippen LogP contribution in [0.25, 0.3) is 27.3 Å². The van der Waals surface area contributed by atoms with Gasteiger partial charge in [-0.05, 0) is 118 Å². The van der Waals surface area contributed by atoms with Gasteiger partial charge in [-0.1, -0.05) is 43.7 Å². The maximum atomic E-state index is 14.1. The first-order valence-electron chi connectivity index (χ1n) is 17.5. The molecule has 3 heterocycles. The molecule has 0 bridgehead atoms. The third kappa shape index (κ3) is 6.31. The van der Waals surface area contributed by atoms with Gasteiger partial charge in [-0.2, -0.15) is 9.78 Å². The number of aromatic nitrogens is 3. The van der Waals surface area contributed by atoms with E-state index < -0.39 is 0 Å². The third-order valence-electron chi connectivity index (χ3n) is 9.87. The number of fused-ring (bicyclic) bond motifs is 2. The Morgan fingerprint density at radius 2 is 1.75 bits per heavy atom. The fourth-order valence-electron chi connectivity index (χ4n) is 7.10. The smallest absolute Gasteiger partial charge is 0.282 e. The van der Waals surface area contributed by atoms with Gasteiger partial charge in [0.05, 0.1) is 29.8 Å². The number of nitrogens with zero attached hydrogens (tertiary/aromatic N) is 4. The number of amides is 1. The molecular weight excluding hydrogens is 655 g/mol. The van der Waals surface area contributed by atoms with Crippen LogP contribution in [-0.4, -0.2) is 33.5 Å². The van der Waals surface area contributed by atoms with Crippen molar-refractivity contribution in [3.63, 3.8) is 0 Å². The minimum absolute atomic E-state index is 0.0926. The number of benzene rings is 3. The van der Waals surface area contributed by atoms with Crippen molar-refractivity contribution in [2.45, 2.75) is 73.1 Å². The lowest BCUT2D eigenvalue weighted by atomic mass is 9.95. The van der Waals surface area contributed by atoms with Crippen molar-refractivity contribution in [3.8, 4) is 22.1 Å². The summed E-state index contributed by atoms with van der Waals surface area (Å²) in [6.45, 7) is 12.4. The number of methoxy groups -OCH3 is 1. The number of carbonyl (C=O) groups excluding carboxylic acids is 1. The Morgan fingerprint density at radius 3 is 2.49 bits per heavy atom.